The SMILES string of the molecule is COc1ccc(S(=O)(=O)Nc2ccc(C)c(F)c2)cc1. The number of rotatable bonds is 4. The van der Waals surface area contributed by atoms with Gasteiger partial charge in [-0.05, 0) is 48.9 Å². The number of sulfonamides is 1. The smallest absolute Gasteiger partial charge is 0.261 e. The minimum Gasteiger partial charge on any atom is -0.497 e. The molecule has 0 spiro atoms. The van der Waals surface area contributed by atoms with Gasteiger partial charge in [0.1, 0.15) is 11.6 Å². The molecule has 6 heteroatoms. The molecule has 0 fully saturated rings. The lowest BCUT2D eigenvalue weighted by Gasteiger charge is -2.09. The highest BCUT2D eigenvalue weighted by molar-refractivity contribution is 7.92. The summed E-state index contributed by atoms with van der Waals surface area (Å²) in [5, 5.41) is 0. The molecule has 0 atom stereocenters. The minimum absolute atomic E-state index is 0.0827. The number of benzene rings is 2. The minimum atomic E-state index is -3.74. The molecular weight excluding hydrogens is 281 g/mol. The van der Waals surface area contributed by atoms with E-state index in [1.807, 2.05) is 0 Å². The molecule has 0 bridgehead atoms. The van der Waals surface area contributed by atoms with Crippen molar-refractivity contribution in [1.82, 2.24) is 0 Å². The number of ether oxygens (including phenoxy) is 1. The lowest BCUT2D eigenvalue weighted by molar-refractivity contribution is 0.414. The molecule has 0 aliphatic carbocycles. The van der Waals surface area contributed by atoms with E-state index in [0.29, 0.717) is 11.3 Å². The first-order valence-electron chi connectivity index (χ1n) is 5.85. The first kappa shape index (κ1) is 14.3. The molecule has 4 nitrogen and oxygen atoms in total. The molecule has 0 aliphatic rings. The second kappa shape index (κ2) is 5.50. The van der Waals surface area contributed by atoms with Gasteiger partial charge < -0.3 is 4.74 Å². The Hall–Kier alpha value is -2.08. The summed E-state index contributed by atoms with van der Waals surface area (Å²) in [4.78, 5) is 0.0827. The van der Waals surface area contributed by atoms with Crippen LogP contribution in [0.25, 0.3) is 0 Å². The molecule has 2 rings (SSSR count). The quantitative estimate of drug-likeness (QED) is 0.943. The number of anilines is 1. The third kappa shape index (κ3) is 3.08. The molecule has 0 aliphatic heterocycles. The predicted molar refractivity (Wildman–Crippen MR) is 74.9 cm³/mol. The first-order valence-corrected chi connectivity index (χ1v) is 7.34. The third-order valence-corrected chi connectivity index (χ3v) is 4.19. The van der Waals surface area contributed by atoms with Gasteiger partial charge >= 0.3 is 0 Å². The van der Waals surface area contributed by atoms with Crippen molar-refractivity contribution < 1.29 is 17.5 Å². The molecule has 0 heterocycles. The van der Waals surface area contributed by atoms with E-state index in [1.54, 1.807) is 19.1 Å². The van der Waals surface area contributed by atoms with Gasteiger partial charge in [0.15, 0.2) is 0 Å². The monoisotopic (exact) mass is 295 g/mol. The van der Waals surface area contributed by atoms with Crippen molar-refractivity contribution in [1.29, 1.82) is 0 Å². The van der Waals surface area contributed by atoms with Crippen molar-refractivity contribution in [2.45, 2.75) is 11.8 Å². The summed E-state index contributed by atoms with van der Waals surface area (Å²) in [7, 11) is -2.24. The summed E-state index contributed by atoms with van der Waals surface area (Å²) in [6.07, 6.45) is 0. The van der Waals surface area contributed by atoms with Crippen LogP contribution in [-0.4, -0.2) is 15.5 Å². The van der Waals surface area contributed by atoms with Gasteiger partial charge in [0.25, 0.3) is 10.0 Å². The summed E-state index contributed by atoms with van der Waals surface area (Å²) in [5.74, 6) is 0.102. The van der Waals surface area contributed by atoms with Gasteiger partial charge in [0.05, 0.1) is 17.7 Å². The van der Waals surface area contributed by atoms with Gasteiger partial charge in [-0.3, -0.25) is 4.72 Å². The van der Waals surface area contributed by atoms with Crippen LogP contribution in [0, 0.1) is 12.7 Å². The standard InChI is InChI=1S/C14H14FNO3S/c1-10-3-4-11(9-14(10)15)16-20(17,18)13-7-5-12(19-2)6-8-13/h3-9,16H,1-2H3. The maximum atomic E-state index is 13.4. The van der Waals surface area contributed by atoms with Gasteiger partial charge in [-0.2, -0.15) is 0 Å². The highest BCUT2D eigenvalue weighted by Gasteiger charge is 2.14. The lowest BCUT2D eigenvalue weighted by Crippen LogP contribution is -2.13. The van der Waals surface area contributed by atoms with Crippen LogP contribution in [-0.2, 0) is 10.0 Å². The van der Waals surface area contributed by atoms with Crippen molar-refractivity contribution in [3.05, 3.63) is 53.8 Å². The molecule has 0 radical (unpaired) electrons. The molecule has 0 saturated heterocycles. The van der Waals surface area contributed by atoms with Crippen LogP contribution < -0.4 is 9.46 Å². The zero-order valence-corrected chi connectivity index (χ0v) is 11.9. The van der Waals surface area contributed by atoms with E-state index in [1.165, 1.54) is 31.4 Å². The fraction of sp³-hybridized carbons (Fsp3) is 0.143. The topological polar surface area (TPSA) is 55.4 Å². The van der Waals surface area contributed by atoms with E-state index in [9.17, 15) is 12.8 Å². The number of methoxy groups -OCH3 is 1. The number of hydrogen-bond donors (Lipinski definition) is 1. The lowest BCUT2D eigenvalue weighted by atomic mass is 10.2. The van der Waals surface area contributed by atoms with E-state index < -0.39 is 15.8 Å². The Morgan fingerprint density at radius 2 is 1.75 bits per heavy atom. The predicted octanol–water partition coefficient (Wildman–Crippen LogP) is 2.94. The largest absolute Gasteiger partial charge is 0.497 e. The van der Waals surface area contributed by atoms with Crippen molar-refractivity contribution in [2.24, 2.45) is 0 Å². The van der Waals surface area contributed by atoms with E-state index in [4.69, 9.17) is 4.74 Å². The highest BCUT2D eigenvalue weighted by Crippen LogP contribution is 2.20. The maximum Gasteiger partial charge on any atom is 0.261 e. The van der Waals surface area contributed by atoms with Crippen LogP contribution in [0.2, 0.25) is 0 Å². The Bertz CT molecular complexity index is 712. The highest BCUT2D eigenvalue weighted by atomic mass is 32.2. The molecular formula is C14H14FNO3S. The Kier molecular flexibility index (Phi) is 3.94. The van der Waals surface area contributed by atoms with Crippen LogP contribution >= 0.6 is 0 Å². The molecule has 2 aromatic rings. The third-order valence-electron chi connectivity index (χ3n) is 2.79. The summed E-state index contributed by atoms with van der Waals surface area (Å²) in [6, 6.07) is 10.1. The van der Waals surface area contributed by atoms with Crippen molar-refractivity contribution in [2.75, 3.05) is 11.8 Å². The van der Waals surface area contributed by atoms with E-state index in [2.05, 4.69) is 4.72 Å². The molecule has 106 valence electrons. The van der Waals surface area contributed by atoms with Crippen molar-refractivity contribution >= 4 is 15.7 Å². The summed E-state index contributed by atoms with van der Waals surface area (Å²) in [5.41, 5.74) is 0.640. The molecule has 1 N–H and O–H groups in total. The Balaban J connectivity index is 2.27. The fourth-order valence-corrected chi connectivity index (χ4v) is 2.67. The van der Waals surface area contributed by atoms with Crippen LogP contribution in [0.15, 0.2) is 47.4 Å². The summed E-state index contributed by atoms with van der Waals surface area (Å²) < 4.78 is 44.9. The molecule has 20 heavy (non-hydrogen) atoms. The van der Waals surface area contributed by atoms with E-state index in [-0.39, 0.29) is 10.6 Å². The van der Waals surface area contributed by atoms with Crippen LogP contribution in [0.3, 0.4) is 0 Å². The molecule has 0 saturated carbocycles. The molecule has 0 aromatic heterocycles. The number of hydrogen-bond acceptors (Lipinski definition) is 3. The average Bonchev–Trinajstić information content (AvgIpc) is 2.43. The average molecular weight is 295 g/mol. The van der Waals surface area contributed by atoms with Gasteiger partial charge in [0, 0.05) is 0 Å². The zero-order valence-electron chi connectivity index (χ0n) is 11.1. The van der Waals surface area contributed by atoms with E-state index in [0.717, 1.165) is 6.07 Å². The van der Waals surface area contributed by atoms with Crippen LogP contribution in [0.5, 0.6) is 5.75 Å². The van der Waals surface area contributed by atoms with E-state index >= 15 is 0 Å². The van der Waals surface area contributed by atoms with Gasteiger partial charge in [-0.1, -0.05) is 6.07 Å². The summed E-state index contributed by atoms with van der Waals surface area (Å²) in [6.45, 7) is 1.61. The normalized spacial score (nSPS) is 11.2. The molecule has 0 amide bonds. The Morgan fingerprint density at radius 3 is 2.30 bits per heavy atom. The Labute approximate surface area is 117 Å². The van der Waals surface area contributed by atoms with Crippen molar-refractivity contribution in [3.8, 4) is 5.75 Å². The second-order valence-corrected chi connectivity index (χ2v) is 5.93. The first-order chi connectivity index (χ1) is 9.42. The van der Waals surface area contributed by atoms with Crippen LogP contribution in [0.1, 0.15) is 5.56 Å². The summed E-state index contributed by atoms with van der Waals surface area (Å²) >= 11 is 0. The Morgan fingerprint density at radius 1 is 1.10 bits per heavy atom. The van der Waals surface area contributed by atoms with Crippen molar-refractivity contribution in [3.63, 3.8) is 0 Å². The van der Waals surface area contributed by atoms with Gasteiger partial charge in [-0.25, -0.2) is 12.8 Å². The van der Waals surface area contributed by atoms with Crippen LogP contribution in [0.4, 0.5) is 10.1 Å². The van der Waals surface area contributed by atoms with Gasteiger partial charge in [0.2, 0.25) is 0 Å². The maximum absolute atomic E-state index is 13.4. The number of aryl methyl sites for hydroxylation is 1. The molecule has 0 unspecified atom stereocenters. The fourth-order valence-electron chi connectivity index (χ4n) is 1.63. The number of halogens is 1. The second-order valence-electron chi connectivity index (χ2n) is 4.24. The zero-order chi connectivity index (χ0) is 14.8. The number of nitrogens with one attached hydrogen (secondary N) is 1. The molecule has 2 aromatic carbocycles. The van der Waals surface area contributed by atoms with Gasteiger partial charge in [-0.15, -0.1) is 0 Å².